The molecule has 30 heavy (non-hydrogen) atoms. The molecule has 3 rings (SSSR count). The van der Waals surface area contributed by atoms with Gasteiger partial charge in [0.1, 0.15) is 18.1 Å². The highest BCUT2D eigenvalue weighted by molar-refractivity contribution is 5.76. The predicted octanol–water partition coefficient (Wildman–Crippen LogP) is 0.924. The van der Waals surface area contributed by atoms with E-state index in [9.17, 15) is 14.4 Å². The van der Waals surface area contributed by atoms with Gasteiger partial charge in [-0.05, 0) is 25.2 Å². The van der Waals surface area contributed by atoms with Crippen LogP contribution in [0.25, 0.3) is 0 Å². The molecule has 1 amide bonds. The number of nitrogens with zero attached hydrogens (tertiary/aromatic N) is 3. The number of morpholine rings is 1. The van der Waals surface area contributed by atoms with Crippen LogP contribution in [0.5, 0.6) is 0 Å². The molecule has 0 bridgehead atoms. The summed E-state index contributed by atoms with van der Waals surface area (Å²) >= 11 is 0. The zero-order valence-electron chi connectivity index (χ0n) is 18.2. The van der Waals surface area contributed by atoms with Crippen molar-refractivity contribution >= 4 is 17.4 Å². The minimum atomic E-state index is -0.519. The summed E-state index contributed by atoms with van der Waals surface area (Å²) < 4.78 is 7.86. The topological polar surface area (TPSA) is 112 Å². The molecule has 0 unspecified atom stereocenters. The summed E-state index contributed by atoms with van der Waals surface area (Å²) in [6.07, 6.45) is 5.92. The van der Waals surface area contributed by atoms with Crippen LogP contribution in [0.4, 0.5) is 11.5 Å². The van der Waals surface area contributed by atoms with Crippen LogP contribution in [-0.4, -0.2) is 47.4 Å². The highest BCUT2D eigenvalue weighted by atomic mass is 16.5. The fourth-order valence-corrected chi connectivity index (χ4v) is 4.38. The first-order valence-corrected chi connectivity index (χ1v) is 11.2. The molecule has 168 valence electrons. The van der Waals surface area contributed by atoms with Crippen LogP contribution in [0.2, 0.25) is 0 Å². The van der Waals surface area contributed by atoms with E-state index in [4.69, 9.17) is 10.5 Å². The molecule has 0 radical (unpaired) electrons. The Kier molecular flexibility index (Phi) is 7.58. The lowest BCUT2D eigenvalue weighted by Gasteiger charge is -2.31. The zero-order chi connectivity index (χ0) is 21.7. The SMILES string of the molecule is CCCCn1c(N)c(N2CCOCC2)c(=O)n(CC(=O)N[C@H]2CCCC[C@H]2C)c1=O. The van der Waals surface area contributed by atoms with Gasteiger partial charge in [0, 0.05) is 25.7 Å². The fraction of sp³-hybridized carbons (Fsp3) is 0.762. The maximum absolute atomic E-state index is 13.2. The Morgan fingerprint density at radius 1 is 1.17 bits per heavy atom. The van der Waals surface area contributed by atoms with Crippen molar-refractivity contribution in [2.45, 2.75) is 71.5 Å². The van der Waals surface area contributed by atoms with E-state index in [-0.39, 0.29) is 24.3 Å². The lowest BCUT2D eigenvalue weighted by Crippen LogP contribution is -2.50. The van der Waals surface area contributed by atoms with Gasteiger partial charge in [0.2, 0.25) is 5.91 Å². The highest BCUT2D eigenvalue weighted by Crippen LogP contribution is 2.23. The van der Waals surface area contributed by atoms with Gasteiger partial charge in [0.05, 0.1) is 13.2 Å². The molecular weight excluding hydrogens is 386 g/mol. The molecule has 9 nitrogen and oxygen atoms in total. The molecule has 0 aromatic carbocycles. The van der Waals surface area contributed by atoms with Gasteiger partial charge in [-0.2, -0.15) is 0 Å². The number of nitrogens with one attached hydrogen (secondary N) is 1. The Labute approximate surface area is 177 Å². The number of hydrogen-bond donors (Lipinski definition) is 2. The monoisotopic (exact) mass is 421 g/mol. The van der Waals surface area contributed by atoms with Crippen molar-refractivity contribution in [2.24, 2.45) is 5.92 Å². The lowest BCUT2D eigenvalue weighted by atomic mass is 9.86. The molecule has 1 saturated heterocycles. The minimum Gasteiger partial charge on any atom is -0.383 e. The van der Waals surface area contributed by atoms with Crippen LogP contribution in [0.1, 0.15) is 52.4 Å². The van der Waals surface area contributed by atoms with Crippen LogP contribution < -0.4 is 27.2 Å². The minimum absolute atomic E-state index is 0.0942. The number of unbranched alkanes of at least 4 members (excludes halogenated alkanes) is 1. The number of carbonyl (C=O) groups is 1. The second kappa shape index (κ2) is 10.1. The molecule has 1 aliphatic carbocycles. The molecule has 2 atom stereocenters. The number of ether oxygens (including phenoxy) is 1. The maximum Gasteiger partial charge on any atom is 0.333 e. The first-order valence-electron chi connectivity index (χ1n) is 11.2. The van der Waals surface area contributed by atoms with Gasteiger partial charge in [0.25, 0.3) is 5.56 Å². The Morgan fingerprint density at radius 3 is 2.53 bits per heavy atom. The van der Waals surface area contributed by atoms with Gasteiger partial charge < -0.3 is 20.7 Å². The molecular formula is C21H35N5O4. The third-order valence-electron chi connectivity index (χ3n) is 6.27. The van der Waals surface area contributed by atoms with E-state index in [1.165, 1.54) is 11.0 Å². The smallest absolute Gasteiger partial charge is 0.333 e. The molecule has 2 heterocycles. The van der Waals surface area contributed by atoms with Crippen LogP contribution in [0, 0.1) is 5.92 Å². The lowest BCUT2D eigenvalue weighted by molar-refractivity contribution is -0.123. The van der Waals surface area contributed by atoms with Crippen molar-refractivity contribution in [3.8, 4) is 0 Å². The van der Waals surface area contributed by atoms with Crippen LogP contribution in [0.15, 0.2) is 9.59 Å². The quantitative estimate of drug-likeness (QED) is 0.677. The summed E-state index contributed by atoms with van der Waals surface area (Å²) in [6, 6.07) is 0.0942. The maximum atomic E-state index is 13.2. The number of anilines is 2. The number of aromatic nitrogens is 2. The molecule has 2 fully saturated rings. The molecule has 1 aliphatic heterocycles. The largest absolute Gasteiger partial charge is 0.383 e. The third kappa shape index (κ3) is 4.88. The first kappa shape index (κ1) is 22.4. The fourth-order valence-electron chi connectivity index (χ4n) is 4.38. The van der Waals surface area contributed by atoms with E-state index in [2.05, 4.69) is 12.2 Å². The summed E-state index contributed by atoms with van der Waals surface area (Å²) in [7, 11) is 0. The number of hydrogen-bond acceptors (Lipinski definition) is 6. The third-order valence-corrected chi connectivity index (χ3v) is 6.27. The molecule has 1 aromatic heterocycles. The summed E-state index contributed by atoms with van der Waals surface area (Å²) in [5.41, 5.74) is 5.57. The Bertz CT molecular complexity index is 856. The average Bonchev–Trinajstić information content (AvgIpc) is 2.74. The molecule has 1 saturated carbocycles. The summed E-state index contributed by atoms with van der Waals surface area (Å²) in [5, 5.41) is 3.04. The van der Waals surface area contributed by atoms with E-state index in [1.54, 1.807) is 0 Å². The van der Waals surface area contributed by atoms with E-state index in [0.29, 0.717) is 44.5 Å². The van der Waals surface area contributed by atoms with Crippen LogP contribution in [0.3, 0.4) is 0 Å². The number of nitrogen functional groups attached to an aromatic ring is 1. The molecule has 1 aromatic rings. The number of carbonyl (C=O) groups excluding carboxylic acids is 1. The standard InChI is InChI=1S/C21H35N5O4/c1-3-4-9-25-19(22)18(24-10-12-30-13-11-24)20(28)26(21(25)29)14-17(27)23-16-8-6-5-7-15(16)2/h15-16H,3-14,22H2,1-2H3,(H,23,27)/t15-,16+/m1/s1. The predicted molar refractivity (Wildman–Crippen MR) is 117 cm³/mol. The van der Waals surface area contributed by atoms with Gasteiger partial charge >= 0.3 is 5.69 Å². The van der Waals surface area contributed by atoms with Crippen molar-refractivity contribution in [2.75, 3.05) is 36.9 Å². The number of nitrogens with two attached hydrogens (primary N) is 1. The van der Waals surface area contributed by atoms with Crippen molar-refractivity contribution in [3.63, 3.8) is 0 Å². The van der Waals surface area contributed by atoms with Crippen LogP contribution in [-0.2, 0) is 22.6 Å². The Hall–Kier alpha value is -2.29. The second-order valence-electron chi connectivity index (χ2n) is 8.45. The van der Waals surface area contributed by atoms with Gasteiger partial charge in [-0.15, -0.1) is 0 Å². The molecule has 2 aliphatic rings. The number of amides is 1. The van der Waals surface area contributed by atoms with Gasteiger partial charge in [0.15, 0.2) is 0 Å². The molecule has 9 heteroatoms. The average molecular weight is 422 g/mol. The van der Waals surface area contributed by atoms with Gasteiger partial charge in [-0.3, -0.25) is 14.2 Å². The van der Waals surface area contributed by atoms with Crippen molar-refractivity contribution < 1.29 is 9.53 Å². The summed E-state index contributed by atoms with van der Waals surface area (Å²) in [5.74, 6) is 0.279. The van der Waals surface area contributed by atoms with Gasteiger partial charge in [-0.1, -0.05) is 33.1 Å². The van der Waals surface area contributed by atoms with E-state index >= 15 is 0 Å². The first-order chi connectivity index (χ1) is 14.4. The Morgan fingerprint density at radius 2 is 1.87 bits per heavy atom. The van der Waals surface area contributed by atoms with Crippen molar-refractivity contribution in [1.82, 2.24) is 14.5 Å². The van der Waals surface area contributed by atoms with Gasteiger partial charge in [-0.25, -0.2) is 9.36 Å². The summed E-state index contributed by atoms with van der Waals surface area (Å²) in [6.45, 7) is 6.33. The molecule has 3 N–H and O–H groups in total. The van der Waals surface area contributed by atoms with E-state index in [1.807, 2.05) is 11.8 Å². The summed E-state index contributed by atoms with van der Waals surface area (Å²) in [4.78, 5) is 40.9. The van der Waals surface area contributed by atoms with E-state index < -0.39 is 11.2 Å². The van der Waals surface area contributed by atoms with E-state index in [0.717, 1.165) is 36.7 Å². The normalized spacial score (nSPS) is 22.1. The van der Waals surface area contributed by atoms with Crippen molar-refractivity contribution in [1.29, 1.82) is 0 Å². The Balaban J connectivity index is 1.92. The zero-order valence-corrected chi connectivity index (χ0v) is 18.2. The van der Waals surface area contributed by atoms with Crippen LogP contribution >= 0.6 is 0 Å². The second-order valence-corrected chi connectivity index (χ2v) is 8.45. The molecule has 0 spiro atoms. The van der Waals surface area contributed by atoms with Crippen molar-refractivity contribution in [3.05, 3.63) is 20.8 Å². The highest BCUT2D eigenvalue weighted by Gasteiger charge is 2.26. The number of rotatable bonds is 7.